The maximum absolute atomic E-state index is 10.4. The van der Waals surface area contributed by atoms with E-state index in [1.165, 1.54) is 5.56 Å². The topological polar surface area (TPSA) is 37.5 Å². The van der Waals surface area contributed by atoms with Crippen molar-refractivity contribution < 1.29 is 5.11 Å². The number of fused-ring (bicyclic) bond motifs is 1. The van der Waals surface area contributed by atoms with E-state index >= 15 is 0 Å². The Morgan fingerprint density at radius 1 is 1.09 bits per heavy atom. The molecule has 0 unspecified atom stereocenters. The van der Waals surface area contributed by atoms with Crippen molar-refractivity contribution in [2.24, 2.45) is 12.0 Å². The van der Waals surface area contributed by atoms with Gasteiger partial charge < -0.3 is 9.67 Å². The van der Waals surface area contributed by atoms with Gasteiger partial charge >= 0.3 is 0 Å². The first-order valence-electron chi connectivity index (χ1n) is 7.90. The van der Waals surface area contributed by atoms with E-state index in [9.17, 15) is 5.11 Å². The lowest BCUT2D eigenvalue weighted by atomic mass is 9.98. The Morgan fingerprint density at radius 2 is 1.83 bits per heavy atom. The van der Waals surface area contributed by atoms with Crippen LogP contribution in [0.1, 0.15) is 36.5 Å². The number of hydrogen-bond donors (Lipinski definition) is 1. The second kappa shape index (κ2) is 5.92. The largest absolute Gasteiger partial charge is 0.494 e. The van der Waals surface area contributed by atoms with Gasteiger partial charge in [0.05, 0.1) is 16.8 Å². The molecule has 23 heavy (non-hydrogen) atoms. The summed E-state index contributed by atoms with van der Waals surface area (Å²) in [6, 6.07) is 14.2. The minimum atomic E-state index is 0.245. The molecule has 1 heterocycles. The quantitative estimate of drug-likeness (QED) is 0.674. The van der Waals surface area contributed by atoms with Crippen molar-refractivity contribution in [3.05, 3.63) is 59.2 Å². The molecule has 3 nitrogen and oxygen atoms in total. The molecule has 0 aliphatic rings. The van der Waals surface area contributed by atoms with E-state index in [1.54, 1.807) is 10.8 Å². The van der Waals surface area contributed by atoms with Gasteiger partial charge in [-0.05, 0) is 30.0 Å². The number of para-hydroxylation sites is 2. The van der Waals surface area contributed by atoms with Gasteiger partial charge in [-0.25, -0.2) is 0 Å². The Bertz CT molecular complexity index is 888. The molecule has 0 amide bonds. The zero-order chi connectivity index (χ0) is 16.6. The van der Waals surface area contributed by atoms with Gasteiger partial charge in [0.1, 0.15) is 0 Å². The van der Waals surface area contributed by atoms with Crippen molar-refractivity contribution in [2.75, 3.05) is 0 Å². The fraction of sp³-hybridized carbons (Fsp3) is 0.250. The van der Waals surface area contributed by atoms with Gasteiger partial charge in [0.15, 0.2) is 0 Å². The number of nitrogens with zero attached hydrogens (tertiary/aromatic N) is 2. The summed E-state index contributed by atoms with van der Waals surface area (Å²) in [4.78, 5) is 4.72. The Balaban J connectivity index is 2.14. The number of aryl methyl sites for hydroxylation is 2. The first kappa shape index (κ1) is 15.3. The molecule has 0 atom stereocenters. The average molecular weight is 306 g/mol. The van der Waals surface area contributed by atoms with Gasteiger partial charge in [-0.2, -0.15) is 0 Å². The van der Waals surface area contributed by atoms with Gasteiger partial charge in [0, 0.05) is 18.6 Å². The summed E-state index contributed by atoms with van der Waals surface area (Å²) >= 11 is 0. The molecule has 118 valence electrons. The molecule has 3 heteroatoms. The molecule has 1 N–H and O–H groups in total. The van der Waals surface area contributed by atoms with Crippen molar-refractivity contribution >= 4 is 22.8 Å². The van der Waals surface area contributed by atoms with Crippen LogP contribution in [0.15, 0.2) is 47.5 Å². The summed E-state index contributed by atoms with van der Waals surface area (Å²) in [5, 5.41) is 11.4. The van der Waals surface area contributed by atoms with Crippen LogP contribution in [0.5, 0.6) is 5.88 Å². The smallest absolute Gasteiger partial charge is 0.200 e. The Hall–Kier alpha value is -2.55. The molecule has 0 bridgehead atoms. The fourth-order valence-corrected chi connectivity index (χ4v) is 2.99. The van der Waals surface area contributed by atoms with Crippen LogP contribution >= 0.6 is 0 Å². The fourth-order valence-electron chi connectivity index (χ4n) is 2.99. The molecule has 2 aromatic carbocycles. The van der Waals surface area contributed by atoms with Crippen LogP contribution in [0.4, 0.5) is 5.69 Å². The minimum Gasteiger partial charge on any atom is -0.494 e. The summed E-state index contributed by atoms with van der Waals surface area (Å²) in [5.41, 5.74) is 5.13. The van der Waals surface area contributed by atoms with Gasteiger partial charge in [-0.1, -0.05) is 50.2 Å². The van der Waals surface area contributed by atoms with Crippen LogP contribution in [0.25, 0.3) is 10.9 Å². The van der Waals surface area contributed by atoms with Crippen LogP contribution < -0.4 is 0 Å². The first-order chi connectivity index (χ1) is 11.0. The van der Waals surface area contributed by atoms with E-state index in [0.717, 1.165) is 27.7 Å². The molecular formula is C20H22N2O. The summed E-state index contributed by atoms with van der Waals surface area (Å²) in [6.07, 6.45) is 1.78. The highest BCUT2D eigenvalue weighted by Gasteiger charge is 2.13. The Morgan fingerprint density at radius 3 is 2.57 bits per heavy atom. The van der Waals surface area contributed by atoms with E-state index in [1.807, 2.05) is 31.3 Å². The number of hydrogen-bond acceptors (Lipinski definition) is 2. The summed E-state index contributed by atoms with van der Waals surface area (Å²) in [7, 11) is 1.86. The number of rotatable bonds is 3. The predicted octanol–water partition coefficient (Wildman–Crippen LogP) is 5.07. The third kappa shape index (κ3) is 2.63. The SMILES string of the molecule is Cc1cccc(C(C)C)c1N=Cc1c(O)n(C)c2ccccc12. The lowest BCUT2D eigenvalue weighted by Crippen LogP contribution is -1.91. The molecule has 0 fully saturated rings. The van der Waals surface area contributed by atoms with Crippen molar-refractivity contribution in [1.82, 2.24) is 4.57 Å². The van der Waals surface area contributed by atoms with Crippen LogP contribution in [0.2, 0.25) is 0 Å². The number of aromatic hydroxyl groups is 1. The highest BCUT2D eigenvalue weighted by molar-refractivity contribution is 6.03. The third-order valence-corrected chi connectivity index (χ3v) is 4.33. The predicted molar refractivity (Wildman–Crippen MR) is 97.1 cm³/mol. The zero-order valence-electron chi connectivity index (χ0n) is 14.0. The monoisotopic (exact) mass is 306 g/mol. The van der Waals surface area contributed by atoms with Crippen LogP contribution in [-0.4, -0.2) is 15.9 Å². The summed E-state index contributed by atoms with van der Waals surface area (Å²) in [5.74, 6) is 0.651. The van der Waals surface area contributed by atoms with Gasteiger partial charge in [-0.15, -0.1) is 0 Å². The van der Waals surface area contributed by atoms with E-state index in [2.05, 4.69) is 39.0 Å². The van der Waals surface area contributed by atoms with Gasteiger partial charge in [-0.3, -0.25) is 4.99 Å². The number of benzene rings is 2. The molecule has 0 spiro atoms. The molecule has 1 aromatic heterocycles. The van der Waals surface area contributed by atoms with Crippen molar-refractivity contribution in [2.45, 2.75) is 26.7 Å². The molecule has 0 aliphatic heterocycles. The van der Waals surface area contributed by atoms with Crippen molar-refractivity contribution in [1.29, 1.82) is 0 Å². The second-order valence-electron chi connectivity index (χ2n) is 6.24. The molecule has 0 saturated heterocycles. The molecule has 0 saturated carbocycles. The van der Waals surface area contributed by atoms with Crippen molar-refractivity contribution in [3.8, 4) is 5.88 Å². The van der Waals surface area contributed by atoms with Crippen molar-refractivity contribution in [3.63, 3.8) is 0 Å². The molecular weight excluding hydrogens is 284 g/mol. The highest BCUT2D eigenvalue weighted by Crippen LogP contribution is 2.32. The van der Waals surface area contributed by atoms with E-state index < -0.39 is 0 Å². The van der Waals surface area contributed by atoms with E-state index in [4.69, 9.17) is 4.99 Å². The van der Waals surface area contributed by atoms with E-state index in [0.29, 0.717) is 5.92 Å². The molecule has 3 aromatic rings. The molecule has 0 aliphatic carbocycles. The van der Waals surface area contributed by atoms with Gasteiger partial charge in [0.25, 0.3) is 0 Å². The first-order valence-corrected chi connectivity index (χ1v) is 7.90. The van der Waals surface area contributed by atoms with Gasteiger partial charge in [0.2, 0.25) is 5.88 Å². The molecule has 0 radical (unpaired) electrons. The minimum absolute atomic E-state index is 0.245. The summed E-state index contributed by atoms with van der Waals surface area (Å²) in [6.45, 7) is 6.41. The number of aliphatic imine (C=N–C) groups is 1. The normalized spacial score (nSPS) is 11.9. The summed E-state index contributed by atoms with van der Waals surface area (Å²) < 4.78 is 1.79. The zero-order valence-corrected chi connectivity index (χ0v) is 14.0. The second-order valence-corrected chi connectivity index (χ2v) is 6.24. The maximum atomic E-state index is 10.4. The Labute approximate surface area is 136 Å². The average Bonchev–Trinajstić information content (AvgIpc) is 2.78. The van der Waals surface area contributed by atoms with Crippen LogP contribution in [0.3, 0.4) is 0 Å². The number of aromatic nitrogens is 1. The standard InChI is InChI=1S/C20H22N2O/c1-13(2)15-10-7-8-14(3)19(15)21-12-17-16-9-5-6-11-18(16)22(4)20(17)23/h5-13,23H,1-4H3. The van der Waals surface area contributed by atoms with Crippen LogP contribution in [0, 0.1) is 6.92 Å². The Kier molecular flexibility index (Phi) is 3.95. The molecule has 3 rings (SSSR count). The third-order valence-electron chi connectivity index (χ3n) is 4.33. The lowest BCUT2D eigenvalue weighted by molar-refractivity contribution is 0.434. The lowest BCUT2D eigenvalue weighted by Gasteiger charge is -2.11. The van der Waals surface area contributed by atoms with Crippen LogP contribution in [-0.2, 0) is 7.05 Å². The highest BCUT2D eigenvalue weighted by atomic mass is 16.3. The van der Waals surface area contributed by atoms with E-state index in [-0.39, 0.29) is 5.88 Å². The maximum Gasteiger partial charge on any atom is 0.200 e.